The van der Waals surface area contributed by atoms with E-state index in [1.54, 1.807) is 7.11 Å². The van der Waals surface area contributed by atoms with Crippen LogP contribution in [0.3, 0.4) is 0 Å². The zero-order valence-electron chi connectivity index (χ0n) is 12.2. The third-order valence-electron chi connectivity index (χ3n) is 3.39. The number of ether oxygens (including phenoxy) is 1. The van der Waals surface area contributed by atoms with Crippen molar-refractivity contribution in [1.82, 2.24) is 0 Å². The van der Waals surface area contributed by atoms with Gasteiger partial charge in [-0.1, -0.05) is 41.5 Å². The second-order valence-corrected chi connectivity index (χ2v) is 6.89. The van der Waals surface area contributed by atoms with Crippen LogP contribution >= 0.6 is 0 Å². The predicted molar refractivity (Wildman–Crippen MR) is 72.1 cm³/mol. The maximum absolute atomic E-state index is 10.2. The summed E-state index contributed by atoms with van der Waals surface area (Å²) in [6, 6.07) is 0. The van der Waals surface area contributed by atoms with Crippen LogP contribution in [0.1, 0.15) is 48.0 Å². The number of hydrogen-bond acceptors (Lipinski definition) is 2. The van der Waals surface area contributed by atoms with Gasteiger partial charge in [-0.05, 0) is 28.1 Å². The molecule has 0 heterocycles. The quantitative estimate of drug-likeness (QED) is 0.740. The molecule has 0 bridgehead atoms. The molecule has 0 fully saturated rings. The van der Waals surface area contributed by atoms with E-state index in [0.29, 0.717) is 5.76 Å². The van der Waals surface area contributed by atoms with Crippen LogP contribution in [0.2, 0.25) is 0 Å². The van der Waals surface area contributed by atoms with E-state index < -0.39 is 0 Å². The second-order valence-electron chi connectivity index (χ2n) is 6.89. The van der Waals surface area contributed by atoms with E-state index >= 15 is 0 Å². The third kappa shape index (κ3) is 3.12. The molecular weight excluding hydrogens is 212 g/mol. The largest absolute Gasteiger partial charge is 0.508 e. The van der Waals surface area contributed by atoms with Gasteiger partial charge in [0.15, 0.2) is 0 Å². The summed E-state index contributed by atoms with van der Waals surface area (Å²) in [6.45, 7) is 12.8. The first kappa shape index (κ1) is 14.3. The van der Waals surface area contributed by atoms with Crippen LogP contribution in [-0.4, -0.2) is 18.3 Å². The van der Waals surface area contributed by atoms with Crippen molar-refractivity contribution >= 4 is 0 Å². The van der Waals surface area contributed by atoms with Crippen molar-refractivity contribution in [2.45, 2.75) is 54.1 Å². The smallest absolute Gasteiger partial charge is 0.115 e. The van der Waals surface area contributed by atoms with Crippen LogP contribution in [0, 0.1) is 10.8 Å². The molecule has 0 saturated heterocycles. The van der Waals surface area contributed by atoms with Crippen LogP contribution in [0.4, 0.5) is 0 Å². The Hall–Kier alpha value is -0.760. The summed E-state index contributed by atoms with van der Waals surface area (Å²) in [4.78, 5) is 0. The Balaban J connectivity index is 3.21. The van der Waals surface area contributed by atoms with Gasteiger partial charge >= 0.3 is 0 Å². The third-order valence-corrected chi connectivity index (χ3v) is 3.39. The van der Waals surface area contributed by atoms with Gasteiger partial charge in [-0.25, -0.2) is 0 Å². The molecular formula is C15H26O2. The number of rotatable bonds is 1. The lowest BCUT2D eigenvalue weighted by molar-refractivity contribution is 0.106. The van der Waals surface area contributed by atoms with Crippen molar-refractivity contribution in [3.05, 3.63) is 23.0 Å². The Bertz CT molecular complexity index is 348. The molecule has 2 heteroatoms. The number of hydrogen-bond donors (Lipinski definition) is 1. The van der Waals surface area contributed by atoms with E-state index in [0.717, 1.165) is 12.0 Å². The molecule has 2 nitrogen and oxygen atoms in total. The van der Waals surface area contributed by atoms with Crippen molar-refractivity contribution in [1.29, 1.82) is 0 Å². The fourth-order valence-corrected chi connectivity index (χ4v) is 2.33. The highest BCUT2D eigenvalue weighted by Gasteiger charge is 2.34. The molecule has 1 rings (SSSR count). The Morgan fingerprint density at radius 2 is 1.65 bits per heavy atom. The zero-order chi connectivity index (χ0) is 13.4. The lowest BCUT2D eigenvalue weighted by atomic mass is 9.73. The van der Waals surface area contributed by atoms with E-state index in [-0.39, 0.29) is 16.9 Å². The molecule has 0 aliphatic heterocycles. The fourth-order valence-electron chi connectivity index (χ4n) is 2.33. The monoisotopic (exact) mass is 238 g/mol. The molecule has 1 unspecified atom stereocenters. The van der Waals surface area contributed by atoms with Gasteiger partial charge in [0.1, 0.15) is 5.76 Å². The van der Waals surface area contributed by atoms with E-state index in [1.807, 2.05) is 6.08 Å². The average Bonchev–Trinajstić information content (AvgIpc) is 2.14. The molecule has 0 aromatic rings. The number of allylic oxidation sites excluding steroid dienone is 1. The van der Waals surface area contributed by atoms with Crippen LogP contribution in [0.5, 0.6) is 0 Å². The first-order chi connectivity index (χ1) is 7.57. The van der Waals surface area contributed by atoms with Crippen LogP contribution in [0.15, 0.2) is 23.0 Å². The van der Waals surface area contributed by atoms with Gasteiger partial charge in [0, 0.05) is 13.5 Å². The molecule has 98 valence electrons. The molecule has 0 amide bonds. The van der Waals surface area contributed by atoms with Crippen LogP contribution in [-0.2, 0) is 4.74 Å². The number of methoxy groups -OCH3 is 1. The fraction of sp³-hybridized carbons (Fsp3) is 0.733. The summed E-state index contributed by atoms with van der Waals surface area (Å²) in [5.41, 5.74) is 2.27. The number of aliphatic hydroxyl groups is 1. The van der Waals surface area contributed by atoms with Gasteiger partial charge in [-0.3, -0.25) is 0 Å². The zero-order valence-corrected chi connectivity index (χ0v) is 12.2. The van der Waals surface area contributed by atoms with Gasteiger partial charge in [0.25, 0.3) is 0 Å². The molecule has 17 heavy (non-hydrogen) atoms. The summed E-state index contributed by atoms with van der Waals surface area (Å²) in [7, 11) is 1.74. The second kappa shape index (κ2) is 4.49. The maximum Gasteiger partial charge on any atom is 0.115 e. The van der Waals surface area contributed by atoms with Crippen LogP contribution < -0.4 is 0 Å². The minimum absolute atomic E-state index is 0.0131. The van der Waals surface area contributed by atoms with Gasteiger partial charge in [0.2, 0.25) is 0 Å². The molecule has 0 spiro atoms. The summed E-state index contributed by atoms with van der Waals surface area (Å²) < 4.78 is 5.59. The Labute approximate surface area is 105 Å². The minimum Gasteiger partial charge on any atom is -0.508 e. The summed E-state index contributed by atoms with van der Waals surface area (Å²) in [5, 5.41) is 10.2. The van der Waals surface area contributed by atoms with Crippen molar-refractivity contribution in [2.24, 2.45) is 10.8 Å². The van der Waals surface area contributed by atoms with Gasteiger partial charge < -0.3 is 9.84 Å². The Morgan fingerprint density at radius 3 is 2.00 bits per heavy atom. The van der Waals surface area contributed by atoms with E-state index in [2.05, 4.69) is 41.5 Å². The summed E-state index contributed by atoms with van der Waals surface area (Å²) in [6.07, 6.45) is 2.77. The molecule has 0 aromatic carbocycles. The Morgan fingerprint density at radius 1 is 1.12 bits per heavy atom. The van der Waals surface area contributed by atoms with E-state index in [1.165, 1.54) is 5.57 Å². The van der Waals surface area contributed by atoms with Crippen LogP contribution in [0.25, 0.3) is 0 Å². The topological polar surface area (TPSA) is 29.5 Å². The molecule has 1 N–H and O–H groups in total. The molecule has 1 aliphatic rings. The maximum atomic E-state index is 10.2. The lowest BCUT2D eigenvalue weighted by Gasteiger charge is -2.36. The minimum atomic E-state index is -0.0131. The predicted octanol–water partition coefficient (Wildman–Crippen LogP) is 4.24. The molecule has 0 aromatic heterocycles. The summed E-state index contributed by atoms with van der Waals surface area (Å²) in [5.74, 6) is 0.427. The highest BCUT2D eigenvalue weighted by molar-refractivity contribution is 5.37. The highest BCUT2D eigenvalue weighted by atomic mass is 16.5. The highest BCUT2D eigenvalue weighted by Crippen LogP contribution is 2.41. The average molecular weight is 238 g/mol. The van der Waals surface area contributed by atoms with Crippen molar-refractivity contribution in [3.63, 3.8) is 0 Å². The molecule has 1 aliphatic carbocycles. The number of aliphatic hydroxyl groups excluding tert-OH is 1. The SMILES string of the molecule is COC1CC(C(C)(C)C)=C(O)C=C1C(C)(C)C. The van der Waals surface area contributed by atoms with E-state index in [9.17, 15) is 5.11 Å². The van der Waals surface area contributed by atoms with Crippen molar-refractivity contribution < 1.29 is 9.84 Å². The first-order valence-electron chi connectivity index (χ1n) is 6.25. The lowest BCUT2D eigenvalue weighted by Crippen LogP contribution is -2.30. The van der Waals surface area contributed by atoms with Gasteiger partial charge in [0.05, 0.1) is 6.10 Å². The van der Waals surface area contributed by atoms with E-state index in [4.69, 9.17) is 4.74 Å². The Kier molecular flexibility index (Phi) is 3.78. The first-order valence-corrected chi connectivity index (χ1v) is 6.25. The molecule has 0 saturated carbocycles. The standard InChI is InChI=1S/C15H26O2/c1-14(2,3)10-9-13(17-7)11(8-12(10)16)15(4,5)6/h8,13,16H,9H2,1-7H3. The normalized spacial score (nSPS) is 22.8. The molecule has 1 atom stereocenters. The van der Waals surface area contributed by atoms with Gasteiger partial charge in [-0.2, -0.15) is 0 Å². The summed E-state index contributed by atoms with van der Waals surface area (Å²) >= 11 is 0. The van der Waals surface area contributed by atoms with Crippen molar-refractivity contribution in [3.8, 4) is 0 Å². The van der Waals surface area contributed by atoms with Crippen molar-refractivity contribution in [2.75, 3.05) is 7.11 Å². The van der Waals surface area contributed by atoms with Gasteiger partial charge in [-0.15, -0.1) is 0 Å². The molecule has 0 radical (unpaired) electrons.